The Hall–Kier alpha value is -0.940. The van der Waals surface area contributed by atoms with Gasteiger partial charge in [0.15, 0.2) is 0 Å². The Morgan fingerprint density at radius 1 is 1.50 bits per heavy atom. The second kappa shape index (κ2) is 4.51. The van der Waals surface area contributed by atoms with Gasteiger partial charge in [-0.05, 0) is 20.8 Å². The predicted octanol–water partition coefficient (Wildman–Crippen LogP) is 2.70. The zero-order valence-electron chi connectivity index (χ0n) is 9.44. The van der Waals surface area contributed by atoms with Gasteiger partial charge in [-0.1, -0.05) is 0 Å². The van der Waals surface area contributed by atoms with E-state index in [1.807, 2.05) is 18.4 Å². The van der Waals surface area contributed by atoms with E-state index in [0.29, 0.717) is 5.88 Å². The van der Waals surface area contributed by atoms with Gasteiger partial charge in [-0.2, -0.15) is 0 Å². The van der Waals surface area contributed by atoms with Crippen LogP contribution in [0.5, 0.6) is 0 Å². The number of hydrogen-bond donors (Lipinski definition) is 0. The summed E-state index contributed by atoms with van der Waals surface area (Å²) >= 11 is 7.52. The fourth-order valence-electron chi connectivity index (χ4n) is 1.75. The van der Waals surface area contributed by atoms with Crippen molar-refractivity contribution in [1.29, 1.82) is 0 Å². The summed E-state index contributed by atoms with van der Waals surface area (Å²) in [7, 11) is 0. The molecule has 16 heavy (non-hydrogen) atoms. The Labute approximate surface area is 103 Å². The molecule has 0 amide bonds. The lowest BCUT2D eigenvalue weighted by atomic mass is 10.2. The molecule has 2 heterocycles. The molecule has 2 aromatic rings. The average molecular weight is 257 g/mol. The van der Waals surface area contributed by atoms with Gasteiger partial charge in [0.1, 0.15) is 12.2 Å². The summed E-state index contributed by atoms with van der Waals surface area (Å²) in [5.41, 5.74) is 1.07. The number of rotatable bonds is 3. The SMILES string of the molecule is Cc1nc(C)c(C(C)n2cnnc2CCl)s1. The Balaban J connectivity index is 2.38. The summed E-state index contributed by atoms with van der Waals surface area (Å²) < 4.78 is 1.99. The van der Waals surface area contributed by atoms with Crippen molar-refractivity contribution in [2.45, 2.75) is 32.7 Å². The highest BCUT2D eigenvalue weighted by molar-refractivity contribution is 7.11. The number of thiazole rings is 1. The molecule has 0 aliphatic rings. The molecule has 4 nitrogen and oxygen atoms in total. The Kier molecular flexibility index (Phi) is 3.25. The molecular weight excluding hydrogens is 244 g/mol. The van der Waals surface area contributed by atoms with Crippen LogP contribution >= 0.6 is 22.9 Å². The maximum absolute atomic E-state index is 5.81. The first-order chi connectivity index (χ1) is 7.63. The molecule has 0 bridgehead atoms. The monoisotopic (exact) mass is 256 g/mol. The van der Waals surface area contributed by atoms with E-state index in [1.165, 1.54) is 4.88 Å². The summed E-state index contributed by atoms with van der Waals surface area (Å²) in [6, 6.07) is 0.190. The van der Waals surface area contributed by atoms with Crippen LogP contribution < -0.4 is 0 Å². The molecule has 0 saturated carbocycles. The van der Waals surface area contributed by atoms with Gasteiger partial charge in [0.2, 0.25) is 0 Å². The van der Waals surface area contributed by atoms with Crippen molar-refractivity contribution in [3.63, 3.8) is 0 Å². The Morgan fingerprint density at radius 3 is 2.81 bits per heavy atom. The number of aromatic nitrogens is 4. The molecule has 2 aromatic heterocycles. The smallest absolute Gasteiger partial charge is 0.148 e. The minimum absolute atomic E-state index is 0.190. The van der Waals surface area contributed by atoms with Crippen LogP contribution in [0.25, 0.3) is 0 Å². The van der Waals surface area contributed by atoms with Crippen molar-refractivity contribution in [1.82, 2.24) is 19.7 Å². The van der Waals surface area contributed by atoms with Crippen molar-refractivity contribution >= 4 is 22.9 Å². The summed E-state index contributed by atoms with van der Waals surface area (Å²) in [4.78, 5) is 5.67. The Morgan fingerprint density at radius 2 is 2.25 bits per heavy atom. The highest BCUT2D eigenvalue weighted by Crippen LogP contribution is 2.28. The standard InChI is InChI=1S/C10H13ClN4S/c1-6-10(16-8(3)13-6)7(2)15-5-12-14-9(15)4-11/h5,7H,4H2,1-3H3. The van der Waals surface area contributed by atoms with Crippen LogP contribution in [0.3, 0.4) is 0 Å². The molecule has 1 unspecified atom stereocenters. The van der Waals surface area contributed by atoms with Crippen LogP contribution in [0.2, 0.25) is 0 Å². The average Bonchev–Trinajstić information content (AvgIpc) is 2.83. The minimum atomic E-state index is 0.190. The molecule has 0 spiro atoms. The molecule has 0 fully saturated rings. The summed E-state index contributed by atoms with van der Waals surface area (Å²) in [5, 5.41) is 8.95. The highest BCUT2D eigenvalue weighted by atomic mass is 35.5. The van der Waals surface area contributed by atoms with Gasteiger partial charge in [-0.25, -0.2) is 4.98 Å². The lowest BCUT2D eigenvalue weighted by Crippen LogP contribution is -2.08. The first-order valence-corrected chi connectivity index (χ1v) is 6.37. The maximum Gasteiger partial charge on any atom is 0.148 e. The lowest BCUT2D eigenvalue weighted by Gasteiger charge is -2.13. The quantitative estimate of drug-likeness (QED) is 0.793. The fourth-order valence-corrected chi connectivity index (χ4v) is 2.92. The van der Waals surface area contributed by atoms with Crippen molar-refractivity contribution in [2.24, 2.45) is 0 Å². The third-order valence-corrected chi connectivity index (χ3v) is 3.99. The first kappa shape index (κ1) is 11.5. The largest absolute Gasteiger partial charge is 0.308 e. The van der Waals surface area contributed by atoms with E-state index in [2.05, 4.69) is 22.1 Å². The first-order valence-electron chi connectivity index (χ1n) is 5.01. The molecule has 2 rings (SSSR count). The molecule has 0 aliphatic carbocycles. The van der Waals surface area contributed by atoms with Crippen LogP contribution in [-0.4, -0.2) is 19.7 Å². The number of hydrogen-bond acceptors (Lipinski definition) is 4. The van der Waals surface area contributed by atoms with Crippen LogP contribution in [0.15, 0.2) is 6.33 Å². The zero-order chi connectivity index (χ0) is 11.7. The van der Waals surface area contributed by atoms with Gasteiger partial charge in [-0.15, -0.1) is 33.1 Å². The predicted molar refractivity (Wildman–Crippen MR) is 65.0 cm³/mol. The van der Waals surface area contributed by atoms with Crippen molar-refractivity contribution in [3.8, 4) is 0 Å². The highest BCUT2D eigenvalue weighted by Gasteiger charge is 2.17. The van der Waals surface area contributed by atoms with E-state index in [9.17, 15) is 0 Å². The van der Waals surface area contributed by atoms with E-state index >= 15 is 0 Å². The molecule has 6 heteroatoms. The van der Waals surface area contributed by atoms with Crippen molar-refractivity contribution < 1.29 is 0 Å². The third kappa shape index (κ3) is 1.97. The minimum Gasteiger partial charge on any atom is -0.308 e. The van der Waals surface area contributed by atoms with Crippen LogP contribution in [0.1, 0.15) is 34.4 Å². The number of halogens is 1. The van der Waals surface area contributed by atoms with Crippen molar-refractivity contribution in [3.05, 3.63) is 27.7 Å². The second-order valence-electron chi connectivity index (χ2n) is 3.65. The molecule has 0 N–H and O–H groups in total. The maximum atomic E-state index is 5.81. The molecule has 1 atom stereocenters. The van der Waals surface area contributed by atoms with Crippen LogP contribution in [0, 0.1) is 13.8 Å². The van der Waals surface area contributed by atoms with Gasteiger partial charge in [-0.3, -0.25) is 0 Å². The zero-order valence-corrected chi connectivity index (χ0v) is 11.0. The number of alkyl halides is 1. The van der Waals surface area contributed by atoms with Gasteiger partial charge in [0, 0.05) is 0 Å². The Bertz CT molecular complexity index is 491. The lowest BCUT2D eigenvalue weighted by molar-refractivity contribution is 0.620. The second-order valence-corrected chi connectivity index (χ2v) is 5.15. The molecular formula is C10H13ClN4S. The number of nitrogens with zero attached hydrogens (tertiary/aromatic N) is 4. The van der Waals surface area contributed by atoms with Gasteiger partial charge in [0.25, 0.3) is 0 Å². The van der Waals surface area contributed by atoms with Gasteiger partial charge >= 0.3 is 0 Å². The number of aryl methyl sites for hydroxylation is 2. The van der Waals surface area contributed by atoms with Crippen LogP contribution in [0.4, 0.5) is 0 Å². The summed E-state index contributed by atoms with van der Waals surface area (Å²) in [6.45, 7) is 6.15. The van der Waals surface area contributed by atoms with Gasteiger partial charge in [0.05, 0.1) is 27.5 Å². The molecule has 0 saturated heterocycles. The molecule has 0 aromatic carbocycles. The fraction of sp³-hybridized carbons (Fsp3) is 0.500. The molecule has 0 aliphatic heterocycles. The van der Waals surface area contributed by atoms with Gasteiger partial charge < -0.3 is 4.57 Å². The summed E-state index contributed by atoms with van der Waals surface area (Å²) in [6.07, 6.45) is 1.72. The normalized spacial score (nSPS) is 13.0. The van der Waals surface area contributed by atoms with Crippen LogP contribution in [-0.2, 0) is 5.88 Å². The van der Waals surface area contributed by atoms with E-state index in [0.717, 1.165) is 16.5 Å². The third-order valence-electron chi connectivity index (χ3n) is 2.50. The summed E-state index contributed by atoms with van der Waals surface area (Å²) in [5.74, 6) is 1.17. The van der Waals surface area contributed by atoms with E-state index in [-0.39, 0.29) is 6.04 Å². The van der Waals surface area contributed by atoms with E-state index < -0.39 is 0 Å². The van der Waals surface area contributed by atoms with E-state index in [4.69, 9.17) is 11.6 Å². The van der Waals surface area contributed by atoms with E-state index in [1.54, 1.807) is 17.7 Å². The van der Waals surface area contributed by atoms with Crippen molar-refractivity contribution in [2.75, 3.05) is 0 Å². The molecule has 0 radical (unpaired) electrons. The topological polar surface area (TPSA) is 43.6 Å². The molecule has 86 valence electrons.